The number of imidazole rings is 1. The van der Waals surface area contributed by atoms with Crippen LogP contribution in [0.2, 0.25) is 0 Å². The predicted octanol–water partition coefficient (Wildman–Crippen LogP) is -3.00. The first-order valence-electron chi connectivity index (χ1n) is 6.04. The van der Waals surface area contributed by atoms with Gasteiger partial charge in [0.1, 0.15) is 6.10 Å². The molecule has 11 nitrogen and oxygen atoms in total. The summed E-state index contributed by atoms with van der Waals surface area (Å²) in [4.78, 5) is 21.8. The molecule has 0 amide bonds. The van der Waals surface area contributed by atoms with Crippen LogP contribution in [-0.2, 0) is 9.47 Å². The van der Waals surface area contributed by atoms with E-state index in [9.17, 15) is 15.0 Å². The van der Waals surface area contributed by atoms with Crippen molar-refractivity contribution in [2.45, 2.75) is 23.9 Å². The Kier molecular flexibility index (Phi) is 2.16. The maximum absolute atomic E-state index is 11.7. The SMILES string of the molecule is Nc1nc2c(ncn2[C@@H]2O[C@H](CO)[C@]3(O)O[C@]23O)c(=O)[nH]1. The third-order valence-corrected chi connectivity index (χ3v) is 3.72. The van der Waals surface area contributed by atoms with Gasteiger partial charge < -0.3 is 30.5 Å². The summed E-state index contributed by atoms with van der Waals surface area (Å²) in [6.45, 7) is -0.557. The minimum atomic E-state index is -2.05. The van der Waals surface area contributed by atoms with Crippen molar-refractivity contribution >= 4 is 17.1 Å². The number of aliphatic hydroxyl groups is 3. The third kappa shape index (κ3) is 1.36. The second kappa shape index (κ2) is 3.58. The Morgan fingerprint density at radius 1 is 1.48 bits per heavy atom. The summed E-state index contributed by atoms with van der Waals surface area (Å²) in [6.07, 6.45) is -1.15. The molecule has 4 heterocycles. The zero-order valence-corrected chi connectivity index (χ0v) is 10.4. The fourth-order valence-corrected chi connectivity index (χ4v) is 2.61. The number of fused-ring (bicyclic) bond motifs is 2. The van der Waals surface area contributed by atoms with Gasteiger partial charge in [-0.1, -0.05) is 0 Å². The number of hydrogen-bond acceptors (Lipinski definition) is 9. The van der Waals surface area contributed by atoms with Crippen LogP contribution in [0, 0.1) is 0 Å². The Bertz CT molecular complexity index is 803. The molecule has 0 unspecified atom stereocenters. The van der Waals surface area contributed by atoms with E-state index in [0.717, 1.165) is 0 Å². The number of epoxide rings is 1. The Morgan fingerprint density at radius 3 is 2.90 bits per heavy atom. The van der Waals surface area contributed by atoms with Crippen molar-refractivity contribution in [1.82, 2.24) is 19.5 Å². The number of H-pyrrole nitrogens is 1. The number of nitrogens with zero attached hydrogens (tertiary/aromatic N) is 3. The highest BCUT2D eigenvalue weighted by molar-refractivity contribution is 5.70. The van der Waals surface area contributed by atoms with E-state index in [1.807, 2.05) is 0 Å². The summed E-state index contributed by atoms with van der Waals surface area (Å²) in [5.41, 5.74) is 4.98. The largest absolute Gasteiger partial charge is 0.393 e. The molecule has 0 aromatic carbocycles. The fourth-order valence-electron chi connectivity index (χ4n) is 2.61. The van der Waals surface area contributed by atoms with Crippen LogP contribution in [0.25, 0.3) is 11.2 Å². The smallest absolute Gasteiger partial charge is 0.280 e. The molecule has 0 spiro atoms. The van der Waals surface area contributed by atoms with Crippen LogP contribution >= 0.6 is 0 Å². The Hall–Kier alpha value is -2.05. The molecule has 2 aliphatic heterocycles. The van der Waals surface area contributed by atoms with Gasteiger partial charge in [0, 0.05) is 0 Å². The van der Waals surface area contributed by atoms with E-state index in [1.165, 1.54) is 10.9 Å². The van der Waals surface area contributed by atoms with E-state index >= 15 is 0 Å². The van der Waals surface area contributed by atoms with E-state index in [1.54, 1.807) is 0 Å². The lowest BCUT2D eigenvalue weighted by Gasteiger charge is -2.19. The second-order valence-corrected chi connectivity index (χ2v) is 4.93. The van der Waals surface area contributed by atoms with E-state index in [-0.39, 0.29) is 17.1 Å². The zero-order valence-electron chi connectivity index (χ0n) is 10.4. The van der Waals surface area contributed by atoms with E-state index < -0.39 is 36.1 Å². The van der Waals surface area contributed by atoms with Crippen molar-refractivity contribution in [2.75, 3.05) is 12.3 Å². The van der Waals surface area contributed by atoms with Gasteiger partial charge in [0.05, 0.1) is 12.9 Å². The monoisotopic (exact) mass is 297 g/mol. The van der Waals surface area contributed by atoms with Crippen molar-refractivity contribution < 1.29 is 24.8 Å². The van der Waals surface area contributed by atoms with Crippen LogP contribution in [0.1, 0.15) is 6.23 Å². The Balaban J connectivity index is 1.87. The molecular weight excluding hydrogens is 286 g/mol. The molecule has 2 aromatic rings. The highest BCUT2D eigenvalue weighted by Gasteiger charge is 2.84. The van der Waals surface area contributed by atoms with Gasteiger partial charge in [-0.3, -0.25) is 14.3 Å². The first-order chi connectivity index (χ1) is 9.90. The maximum atomic E-state index is 11.7. The van der Waals surface area contributed by atoms with Gasteiger partial charge in [-0.05, 0) is 0 Å². The average Bonchev–Trinajstić information content (AvgIpc) is 2.73. The molecule has 4 atom stereocenters. The molecule has 0 bridgehead atoms. The zero-order chi connectivity index (χ0) is 15.0. The first kappa shape index (κ1) is 12.7. The van der Waals surface area contributed by atoms with Gasteiger partial charge in [0.2, 0.25) is 5.95 Å². The molecular formula is C10H11N5O6. The molecule has 0 radical (unpaired) electrons. The molecule has 0 aliphatic carbocycles. The summed E-state index contributed by atoms with van der Waals surface area (Å²) in [5.74, 6) is -4.19. The number of nitrogens with one attached hydrogen (secondary N) is 1. The summed E-state index contributed by atoms with van der Waals surface area (Å²) in [6, 6.07) is 0. The fraction of sp³-hybridized carbons (Fsp3) is 0.500. The van der Waals surface area contributed by atoms with Gasteiger partial charge in [0.15, 0.2) is 17.4 Å². The number of aromatic nitrogens is 4. The maximum Gasteiger partial charge on any atom is 0.280 e. The topological polar surface area (TPSA) is 172 Å². The minimum Gasteiger partial charge on any atom is -0.393 e. The molecule has 112 valence electrons. The second-order valence-electron chi connectivity index (χ2n) is 4.93. The number of aromatic amines is 1. The highest BCUT2D eigenvalue weighted by Crippen LogP contribution is 2.60. The number of nitrogens with two attached hydrogens (primary N) is 1. The van der Waals surface area contributed by atoms with Crippen LogP contribution in [0.5, 0.6) is 0 Å². The van der Waals surface area contributed by atoms with E-state index in [2.05, 4.69) is 15.0 Å². The molecule has 11 heteroatoms. The van der Waals surface area contributed by atoms with Crippen molar-refractivity contribution in [1.29, 1.82) is 0 Å². The molecule has 4 rings (SSSR count). The molecule has 2 saturated heterocycles. The summed E-state index contributed by atoms with van der Waals surface area (Å²) in [5, 5.41) is 29.5. The quantitative estimate of drug-likeness (QED) is 0.362. The summed E-state index contributed by atoms with van der Waals surface area (Å²) >= 11 is 0. The van der Waals surface area contributed by atoms with Crippen molar-refractivity contribution in [2.24, 2.45) is 0 Å². The standard InChI is InChI=1S/C10H11N5O6/c11-8-13-5-4(6(17)14-8)12-2-15(5)7-10(19)9(18,21-10)3(1-16)20-7/h2-3,7,16,18-19H,1H2,(H3,11,13,14,17)/t3-,7-,9+,10-/m1/s1. The number of rotatable bonds is 2. The molecule has 2 aliphatic rings. The number of ether oxygens (including phenoxy) is 2. The van der Waals surface area contributed by atoms with Crippen LogP contribution in [0.15, 0.2) is 11.1 Å². The number of anilines is 1. The number of hydrogen-bond donors (Lipinski definition) is 5. The Labute approximate surface area is 115 Å². The molecule has 21 heavy (non-hydrogen) atoms. The van der Waals surface area contributed by atoms with Crippen LogP contribution in [0.4, 0.5) is 5.95 Å². The number of nitrogen functional groups attached to an aromatic ring is 1. The molecule has 6 N–H and O–H groups in total. The highest BCUT2D eigenvalue weighted by atomic mass is 16.9. The lowest BCUT2D eigenvalue weighted by atomic mass is 10.1. The van der Waals surface area contributed by atoms with Gasteiger partial charge in [-0.15, -0.1) is 0 Å². The van der Waals surface area contributed by atoms with E-state index in [4.69, 9.17) is 20.3 Å². The lowest BCUT2D eigenvalue weighted by molar-refractivity contribution is -0.180. The molecule has 2 fully saturated rings. The summed E-state index contributed by atoms with van der Waals surface area (Å²) < 4.78 is 11.5. The minimum absolute atomic E-state index is 0.00645. The average molecular weight is 297 g/mol. The van der Waals surface area contributed by atoms with Crippen molar-refractivity contribution in [3.8, 4) is 0 Å². The Morgan fingerprint density at radius 2 is 2.24 bits per heavy atom. The van der Waals surface area contributed by atoms with Crippen molar-refractivity contribution in [3.63, 3.8) is 0 Å². The van der Waals surface area contributed by atoms with Gasteiger partial charge >= 0.3 is 0 Å². The predicted molar refractivity (Wildman–Crippen MR) is 64.5 cm³/mol. The lowest BCUT2D eigenvalue weighted by Crippen LogP contribution is -2.33. The normalized spacial score (nSPS) is 37.9. The first-order valence-corrected chi connectivity index (χ1v) is 6.04. The molecule has 2 aromatic heterocycles. The van der Waals surface area contributed by atoms with Crippen LogP contribution in [0.3, 0.4) is 0 Å². The van der Waals surface area contributed by atoms with Crippen molar-refractivity contribution in [3.05, 3.63) is 16.7 Å². The molecule has 0 saturated carbocycles. The van der Waals surface area contributed by atoms with Gasteiger partial charge in [0.25, 0.3) is 17.1 Å². The van der Waals surface area contributed by atoms with Crippen LogP contribution < -0.4 is 11.3 Å². The number of aliphatic hydroxyl groups excluding tert-OH is 1. The summed E-state index contributed by atoms with van der Waals surface area (Å²) in [7, 11) is 0. The van der Waals surface area contributed by atoms with Crippen LogP contribution in [-0.4, -0.2) is 59.1 Å². The van der Waals surface area contributed by atoms with E-state index in [0.29, 0.717) is 0 Å². The van der Waals surface area contributed by atoms with Gasteiger partial charge in [-0.2, -0.15) is 4.98 Å². The van der Waals surface area contributed by atoms with Gasteiger partial charge in [-0.25, -0.2) is 4.98 Å². The third-order valence-electron chi connectivity index (χ3n) is 3.72.